The second-order valence-corrected chi connectivity index (χ2v) is 7.83. The van der Waals surface area contributed by atoms with E-state index in [9.17, 15) is 14.4 Å². The molecule has 0 saturated heterocycles. The molecule has 0 bridgehead atoms. The molecule has 3 heteroatoms. The third-order valence-corrected chi connectivity index (χ3v) is 5.13. The van der Waals surface area contributed by atoms with Crippen LogP contribution in [0.25, 0.3) is 0 Å². The molecule has 3 nitrogen and oxygen atoms in total. The molecule has 2 aliphatic rings. The van der Waals surface area contributed by atoms with Crippen LogP contribution in [0, 0.1) is 83.9 Å². The molecule has 0 radical (unpaired) electrons. The Balaban J connectivity index is -0.000000111. The first-order valence-corrected chi connectivity index (χ1v) is 11.6. The van der Waals surface area contributed by atoms with Crippen molar-refractivity contribution in [3.8, 4) is 72.1 Å². The molecule has 0 aliphatic heterocycles. The average molecular weight is 477 g/mol. The molecule has 190 valence electrons. The number of Topliss-reactive ketones (excluding diaryl/α,β-unsaturated/α-hetero) is 3. The molecule has 2 fully saturated rings. The molecule has 0 amide bonds. The normalized spacial score (nSPS) is 16.2. The van der Waals surface area contributed by atoms with Crippen molar-refractivity contribution in [1.29, 1.82) is 0 Å². The Morgan fingerprint density at radius 3 is 2.06 bits per heavy atom. The minimum absolute atomic E-state index is 0. The van der Waals surface area contributed by atoms with Crippen molar-refractivity contribution in [3.05, 3.63) is 12.2 Å². The van der Waals surface area contributed by atoms with Gasteiger partial charge in [-0.1, -0.05) is 39.2 Å². The highest BCUT2D eigenvalue weighted by Crippen LogP contribution is 2.28. The highest BCUT2D eigenvalue weighted by Gasteiger charge is 2.28. The van der Waals surface area contributed by atoms with Gasteiger partial charge in [0.25, 0.3) is 0 Å². The fourth-order valence-electron chi connectivity index (χ4n) is 3.44. The summed E-state index contributed by atoms with van der Waals surface area (Å²) in [6.07, 6.45) is 22.5. The van der Waals surface area contributed by atoms with Crippen LogP contribution < -0.4 is 0 Å². The van der Waals surface area contributed by atoms with Crippen LogP contribution in [0.4, 0.5) is 0 Å². The van der Waals surface area contributed by atoms with Gasteiger partial charge in [0.2, 0.25) is 5.78 Å². The van der Waals surface area contributed by atoms with Gasteiger partial charge in [-0.25, -0.2) is 0 Å². The first-order chi connectivity index (χ1) is 16.5. The van der Waals surface area contributed by atoms with Gasteiger partial charge in [-0.3, -0.25) is 14.4 Å². The summed E-state index contributed by atoms with van der Waals surface area (Å²) in [6.45, 7) is 3.84. The van der Waals surface area contributed by atoms with E-state index in [0.717, 1.165) is 44.9 Å². The van der Waals surface area contributed by atoms with Gasteiger partial charge in [-0.05, 0) is 97.9 Å². The summed E-state index contributed by atoms with van der Waals surface area (Å²) in [4.78, 5) is 33.7. The van der Waals surface area contributed by atoms with Gasteiger partial charge >= 0.3 is 0 Å². The maximum atomic E-state index is 11.7. The topological polar surface area (TPSA) is 51.2 Å². The highest BCUT2D eigenvalue weighted by molar-refractivity contribution is 5.96. The molecule has 2 rings (SSSR count). The number of carbonyl (C=O) groups is 3. The van der Waals surface area contributed by atoms with E-state index in [1.807, 2.05) is 19.9 Å². The number of rotatable bonds is 3. The number of ketones is 3. The minimum Gasteiger partial charge on any atom is -0.300 e. The van der Waals surface area contributed by atoms with Crippen molar-refractivity contribution < 1.29 is 20.1 Å². The predicted octanol–water partition coefficient (Wildman–Crippen LogP) is 6.32. The highest BCUT2D eigenvalue weighted by atomic mass is 16.1. The van der Waals surface area contributed by atoms with E-state index in [4.69, 9.17) is 12.8 Å². The lowest BCUT2D eigenvalue weighted by Crippen LogP contribution is -2.26. The van der Waals surface area contributed by atoms with Crippen LogP contribution >= 0.6 is 0 Å². The third kappa shape index (κ3) is 19.3. The van der Waals surface area contributed by atoms with Crippen molar-refractivity contribution in [2.75, 3.05) is 0 Å². The maximum Gasteiger partial charge on any atom is 0.206 e. The lowest BCUT2D eigenvalue weighted by molar-refractivity contribution is -0.126. The molecule has 0 heterocycles. The van der Waals surface area contributed by atoms with Crippen molar-refractivity contribution in [3.63, 3.8) is 0 Å². The van der Waals surface area contributed by atoms with Crippen LogP contribution in [0.3, 0.4) is 0 Å². The SMILES string of the molecule is C.C#CC#CC#CC(=O)CC(C)C1CCCCC1=O.C#CC#CC#CC=CC.O=C1CCCCC1.[HH].[HH].[HH].[HH]. The largest absolute Gasteiger partial charge is 0.300 e. The third-order valence-electron chi connectivity index (χ3n) is 5.13. The fourth-order valence-corrected chi connectivity index (χ4v) is 3.44. The van der Waals surface area contributed by atoms with Gasteiger partial charge in [-0.2, -0.15) is 0 Å². The van der Waals surface area contributed by atoms with Crippen LogP contribution in [0.5, 0.6) is 0 Å². The van der Waals surface area contributed by atoms with E-state index < -0.39 is 0 Å². The maximum absolute atomic E-state index is 11.7. The zero-order valence-corrected chi connectivity index (χ0v) is 20.3. The Bertz CT molecular complexity index is 1050. The molecule has 35 heavy (non-hydrogen) atoms. The molecule has 2 unspecified atom stereocenters. The Labute approximate surface area is 219 Å². The summed E-state index contributed by atoms with van der Waals surface area (Å²) in [6, 6.07) is 0. The molecule has 0 aromatic carbocycles. The van der Waals surface area contributed by atoms with Gasteiger partial charge in [0.15, 0.2) is 0 Å². The quantitative estimate of drug-likeness (QED) is 0.354. The Morgan fingerprint density at radius 1 is 0.943 bits per heavy atom. The molecule has 0 spiro atoms. The number of hydrogen-bond donors (Lipinski definition) is 0. The zero-order valence-electron chi connectivity index (χ0n) is 20.3. The van der Waals surface area contributed by atoms with Crippen LogP contribution in [0.1, 0.15) is 91.2 Å². The molecule has 2 saturated carbocycles. The van der Waals surface area contributed by atoms with Crippen molar-refractivity contribution >= 4 is 17.3 Å². The minimum atomic E-state index is -0.174. The van der Waals surface area contributed by atoms with Crippen molar-refractivity contribution in [1.82, 2.24) is 0 Å². The summed E-state index contributed by atoms with van der Waals surface area (Å²) in [5.74, 6) is 24.6. The molecule has 2 aliphatic carbocycles. The van der Waals surface area contributed by atoms with Gasteiger partial charge < -0.3 is 0 Å². The van der Waals surface area contributed by atoms with Crippen LogP contribution in [-0.2, 0) is 14.4 Å². The van der Waals surface area contributed by atoms with Gasteiger partial charge in [0.05, 0.1) is 0 Å². The smallest absolute Gasteiger partial charge is 0.206 e. The number of hydrogen-bond acceptors (Lipinski definition) is 3. The zero-order chi connectivity index (χ0) is 25.4. The summed E-state index contributed by atoms with van der Waals surface area (Å²) in [7, 11) is 0. The monoisotopic (exact) mass is 476 g/mol. The van der Waals surface area contributed by atoms with Gasteiger partial charge in [0, 0.05) is 37.3 Å². The van der Waals surface area contributed by atoms with Crippen LogP contribution in [0.2, 0.25) is 0 Å². The number of carbonyl (C=O) groups excluding carboxylic acids is 3. The van der Waals surface area contributed by atoms with Crippen LogP contribution in [0.15, 0.2) is 12.2 Å². The summed E-state index contributed by atoms with van der Waals surface area (Å²) >= 11 is 0. The Hall–Kier alpha value is -3.89. The molecule has 0 aromatic heterocycles. The molecule has 0 N–H and O–H groups in total. The van der Waals surface area contributed by atoms with E-state index in [1.165, 1.54) is 6.42 Å². The first-order valence-electron chi connectivity index (χ1n) is 11.6. The lowest BCUT2D eigenvalue weighted by Gasteiger charge is -2.25. The van der Waals surface area contributed by atoms with Crippen LogP contribution in [-0.4, -0.2) is 17.3 Å². The molecular weight excluding hydrogens is 432 g/mol. The fraction of sp³-hybridized carbons (Fsp3) is 0.469. The molecule has 0 aromatic rings. The summed E-state index contributed by atoms with van der Waals surface area (Å²) < 4.78 is 0. The number of terminal acetylenes is 2. The summed E-state index contributed by atoms with van der Waals surface area (Å²) in [5.41, 5.74) is 0. The van der Waals surface area contributed by atoms with E-state index in [1.54, 1.807) is 6.08 Å². The lowest BCUT2D eigenvalue weighted by atomic mass is 9.78. The van der Waals surface area contributed by atoms with Gasteiger partial charge in [-0.15, -0.1) is 12.8 Å². The van der Waals surface area contributed by atoms with Crippen molar-refractivity contribution in [2.24, 2.45) is 11.8 Å². The second kappa shape index (κ2) is 23.3. The van der Waals surface area contributed by atoms with E-state index >= 15 is 0 Å². The van der Waals surface area contributed by atoms with Gasteiger partial charge in [0.1, 0.15) is 11.6 Å². The second-order valence-electron chi connectivity index (χ2n) is 7.83. The molecular formula is C32H44O3. The average Bonchev–Trinajstić information content (AvgIpc) is 2.83. The van der Waals surface area contributed by atoms with Crippen molar-refractivity contribution in [2.45, 2.75) is 85.5 Å². The molecule has 2 atom stereocenters. The predicted molar refractivity (Wildman–Crippen MR) is 153 cm³/mol. The summed E-state index contributed by atoms with van der Waals surface area (Å²) in [5, 5.41) is 0. The van der Waals surface area contributed by atoms with E-state index in [0.29, 0.717) is 24.4 Å². The standard InChI is InChI=1S/C16H16O2.C9H6.C6H10O.CH4.4H2/c1-3-4-5-6-9-14(17)12-13(2)15-10-7-8-11-16(15)18;1-3-5-7-9-8-6-4-2;7-6-4-2-1-3-5-6;;;;;/h1,13,15H,7-8,10-12H2,2H3;1,4,6H,2H3;1-5H2;1H4;4*1H. The van der Waals surface area contributed by atoms with E-state index in [-0.39, 0.29) is 30.8 Å². The van der Waals surface area contributed by atoms with E-state index in [2.05, 4.69) is 59.2 Å². The first kappa shape index (κ1) is 33.3. The Morgan fingerprint density at radius 2 is 1.54 bits per heavy atom. The number of allylic oxidation sites excluding steroid dienone is 2. The Kier molecular flexibility index (Phi) is 22.1.